The molecule has 0 unspecified atom stereocenters. The highest BCUT2D eigenvalue weighted by atomic mass is 32.2. The molecule has 1 aromatic rings. The van der Waals surface area contributed by atoms with Crippen molar-refractivity contribution >= 4 is 47.1 Å². The van der Waals surface area contributed by atoms with Gasteiger partial charge in [0.2, 0.25) is 0 Å². The Morgan fingerprint density at radius 2 is 2.20 bits per heavy atom. The highest BCUT2D eigenvalue weighted by Crippen LogP contribution is 2.21. The smallest absolute Gasteiger partial charge is 0.177 e. The van der Waals surface area contributed by atoms with E-state index in [1.807, 2.05) is 11.8 Å². The van der Waals surface area contributed by atoms with Crippen LogP contribution in [0.1, 0.15) is 0 Å². The topological polar surface area (TPSA) is 31.9 Å². The minimum absolute atomic E-state index is 0.762. The van der Waals surface area contributed by atoms with Crippen molar-refractivity contribution in [2.45, 2.75) is 4.34 Å². The van der Waals surface area contributed by atoms with Gasteiger partial charge in [0.1, 0.15) is 0 Å². The van der Waals surface area contributed by atoms with Crippen LogP contribution in [0.5, 0.6) is 0 Å². The zero-order valence-electron chi connectivity index (χ0n) is 8.86. The number of nitrogens with one attached hydrogen (secondary N) is 1. The molecule has 1 heterocycles. The van der Waals surface area contributed by atoms with Gasteiger partial charge in [-0.05, 0) is 26.3 Å². The van der Waals surface area contributed by atoms with Gasteiger partial charge in [-0.2, -0.15) is 16.9 Å². The summed E-state index contributed by atoms with van der Waals surface area (Å²) in [4.78, 5) is 2.21. The maximum atomic E-state index is 4.96. The fourth-order valence-electron chi connectivity index (χ4n) is 0.815. The minimum atomic E-state index is 0.762. The quantitative estimate of drug-likeness (QED) is 0.472. The average Bonchev–Trinajstić information content (AvgIpc) is 2.57. The zero-order valence-corrected chi connectivity index (χ0v) is 12.1. The van der Waals surface area contributed by atoms with Crippen LogP contribution >= 0.6 is 47.1 Å². The molecule has 0 aliphatic carbocycles. The van der Waals surface area contributed by atoms with Crippen LogP contribution in [0.15, 0.2) is 4.34 Å². The van der Waals surface area contributed by atoms with Gasteiger partial charge in [0.15, 0.2) is 8.29 Å². The second kappa shape index (κ2) is 7.67. The first kappa shape index (κ1) is 13.5. The minimum Gasteiger partial charge on any atom is -0.309 e. The van der Waals surface area contributed by atoms with Crippen LogP contribution in [0.25, 0.3) is 0 Å². The third-order valence-corrected chi connectivity index (χ3v) is 5.01. The lowest BCUT2D eigenvalue weighted by Gasteiger charge is -2.07. The molecule has 0 aliphatic heterocycles. The third kappa shape index (κ3) is 6.57. The van der Waals surface area contributed by atoms with E-state index in [-0.39, 0.29) is 0 Å². The number of nitrogens with zero attached hydrogens (tertiary/aromatic N) is 2. The summed E-state index contributed by atoms with van der Waals surface area (Å²) in [6.07, 6.45) is 0. The van der Waals surface area contributed by atoms with Crippen molar-refractivity contribution in [1.82, 2.24) is 15.1 Å². The molecular weight excluding hydrogens is 266 g/mol. The summed E-state index contributed by atoms with van der Waals surface area (Å²) in [5.41, 5.74) is 0. The molecule has 1 N–H and O–H groups in total. The van der Waals surface area contributed by atoms with E-state index in [9.17, 15) is 0 Å². The summed E-state index contributed by atoms with van der Waals surface area (Å²) in [6.45, 7) is 1.15. The fourth-order valence-corrected chi connectivity index (χ4v) is 4.12. The summed E-state index contributed by atoms with van der Waals surface area (Å²) >= 11 is 10.3. The van der Waals surface area contributed by atoms with Gasteiger partial charge in [-0.15, -0.1) is 0 Å². The van der Waals surface area contributed by atoms with Crippen LogP contribution < -0.4 is 0 Å². The second-order valence-corrected chi connectivity index (χ2v) is 7.38. The Balaban J connectivity index is 2.00. The van der Waals surface area contributed by atoms with E-state index in [4.69, 9.17) is 12.2 Å². The predicted octanol–water partition coefficient (Wildman–Crippen LogP) is 2.59. The molecule has 0 amide bonds. The number of H-pyrrole nitrogens is 1. The Bertz CT molecular complexity index is 320. The van der Waals surface area contributed by atoms with Crippen LogP contribution in [-0.4, -0.2) is 53.0 Å². The molecule has 1 rings (SSSR count). The number of rotatable bonds is 7. The number of aromatic nitrogens is 2. The van der Waals surface area contributed by atoms with Crippen molar-refractivity contribution in [1.29, 1.82) is 0 Å². The molecule has 0 fully saturated rings. The fraction of sp³-hybridized carbons (Fsp3) is 0.750. The van der Waals surface area contributed by atoms with E-state index in [0.717, 1.165) is 20.6 Å². The van der Waals surface area contributed by atoms with Crippen molar-refractivity contribution < 1.29 is 0 Å². The van der Waals surface area contributed by atoms with Crippen LogP contribution in [0.2, 0.25) is 0 Å². The Morgan fingerprint density at radius 1 is 1.40 bits per heavy atom. The molecule has 86 valence electrons. The van der Waals surface area contributed by atoms with Crippen molar-refractivity contribution in [3.63, 3.8) is 0 Å². The summed E-state index contributed by atoms with van der Waals surface area (Å²) in [5, 5.41) is 6.88. The molecule has 0 saturated heterocycles. The van der Waals surface area contributed by atoms with Gasteiger partial charge in [-0.3, -0.25) is 5.10 Å². The summed E-state index contributed by atoms with van der Waals surface area (Å²) in [5.74, 6) is 3.48. The average molecular weight is 281 g/mol. The predicted molar refractivity (Wildman–Crippen MR) is 73.9 cm³/mol. The van der Waals surface area contributed by atoms with E-state index >= 15 is 0 Å². The van der Waals surface area contributed by atoms with Crippen molar-refractivity contribution in [2.24, 2.45) is 0 Å². The Labute approximate surface area is 108 Å². The van der Waals surface area contributed by atoms with Crippen molar-refractivity contribution in [2.75, 3.05) is 37.9 Å². The van der Waals surface area contributed by atoms with Gasteiger partial charge in [0, 0.05) is 23.8 Å². The number of hydrogen-bond donors (Lipinski definition) is 1. The lowest BCUT2D eigenvalue weighted by molar-refractivity contribution is 0.437. The van der Waals surface area contributed by atoms with Crippen molar-refractivity contribution in [3.05, 3.63) is 3.95 Å². The first-order valence-electron chi connectivity index (χ1n) is 4.59. The summed E-state index contributed by atoms with van der Waals surface area (Å²) in [6, 6.07) is 0. The Kier molecular flexibility index (Phi) is 6.91. The van der Waals surface area contributed by atoms with E-state index in [2.05, 4.69) is 29.2 Å². The van der Waals surface area contributed by atoms with Gasteiger partial charge in [0.25, 0.3) is 0 Å². The van der Waals surface area contributed by atoms with Crippen LogP contribution in [0, 0.1) is 3.95 Å². The van der Waals surface area contributed by atoms with Gasteiger partial charge in [0.05, 0.1) is 0 Å². The molecular formula is C8H15N3S4. The third-order valence-electron chi connectivity index (χ3n) is 1.55. The standard InChI is InChI=1S/C8H15N3S4/c1-11(2)3-4-13-5-6-14-8-10-9-7(12)15-8/h3-6H2,1-2H3,(H,9,12). The summed E-state index contributed by atoms with van der Waals surface area (Å²) in [7, 11) is 4.21. The molecule has 0 atom stereocenters. The maximum absolute atomic E-state index is 4.96. The van der Waals surface area contributed by atoms with Gasteiger partial charge >= 0.3 is 0 Å². The molecule has 1 aromatic heterocycles. The number of aromatic amines is 1. The molecule has 0 aliphatic rings. The lowest BCUT2D eigenvalue weighted by Crippen LogP contribution is -2.15. The number of hydrogen-bond acceptors (Lipinski definition) is 6. The van der Waals surface area contributed by atoms with Crippen molar-refractivity contribution in [3.8, 4) is 0 Å². The monoisotopic (exact) mass is 281 g/mol. The van der Waals surface area contributed by atoms with Crippen LogP contribution in [0.3, 0.4) is 0 Å². The Morgan fingerprint density at radius 3 is 2.80 bits per heavy atom. The normalized spacial score (nSPS) is 11.1. The van der Waals surface area contributed by atoms with Crippen LogP contribution in [0.4, 0.5) is 0 Å². The molecule has 7 heteroatoms. The highest BCUT2D eigenvalue weighted by molar-refractivity contribution is 8.03. The molecule has 0 aromatic carbocycles. The largest absolute Gasteiger partial charge is 0.309 e. The van der Waals surface area contributed by atoms with Crippen LogP contribution in [-0.2, 0) is 0 Å². The SMILES string of the molecule is CN(C)CCSCCSc1n[nH]c(=S)s1. The summed E-state index contributed by atoms with van der Waals surface area (Å²) < 4.78 is 1.81. The molecule has 0 spiro atoms. The highest BCUT2D eigenvalue weighted by Gasteiger charge is 1.98. The molecule has 3 nitrogen and oxygen atoms in total. The molecule has 0 bridgehead atoms. The molecule has 0 saturated carbocycles. The Hall–Kier alpha value is 0.440. The van der Waals surface area contributed by atoms with E-state index < -0.39 is 0 Å². The molecule has 0 radical (unpaired) electrons. The van der Waals surface area contributed by atoms with E-state index in [1.165, 1.54) is 11.5 Å². The van der Waals surface area contributed by atoms with E-state index in [1.54, 1.807) is 23.1 Å². The van der Waals surface area contributed by atoms with Gasteiger partial charge in [-0.25, -0.2) is 0 Å². The molecule has 15 heavy (non-hydrogen) atoms. The maximum Gasteiger partial charge on any atom is 0.177 e. The van der Waals surface area contributed by atoms with Gasteiger partial charge < -0.3 is 4.90 Å². The lowest BCUT2D eigenvalue weighted by atomic mass is 10.7. The zero-order chi connectivity index (χ0) is 11.1. The second-order valence-electron chi connectivity index (χ2n) is 3.14. The first-order chi connectivity index (χ1) is 7.18. The first-order valence-corrected chi connectivity index (χ1v) is 7.96. The van der Waals surface area contributed by atoms with Gasteiger partial charge in [-0.1, -0.05) is 23.1 Å². The number of thioether (sulfide) groups is 2. The van der Waals surface area contributed by atoms with E-state index in [0.29, 0.717) is 0 Å².